The minimum Gasteiger partial charge on any atom is -0.476 e. The smallest absolute Gasteiger partial charge is 0.363 e. The Morgan fingerprint density at radius 2 is 1.96 bits per heavy atom. The Labute approximate surface area is 128 Å². The number of carboxylic acid groups (broad SMARTS) is 1. The Balaban J connectivity index is 2.27. The average Bonchev–Trinajstić information content (AvgIpc) is 2.89. The van der Waals surface area contributed by atoms with Gasteiger partial charge >= 0.3 is 17.3 Å². The molecule has 0 fully saturated rings. The molecule has 0 aliphatic heterocycles. The molecule has 1 heterocycles. The molecule has 0 bridgehead atoms. The van der Waals surface area contributed by atoms with E-state index in [1.54, 1.807) is 6.92 Å². The van der Waals surface area contributed by atoms with Gasteiger partial charge in [-0.1, -0.05) is 6.07 Å². The van der Waals surface area contributed by atoms with Crippen LogP contribution < -0.4 is 4.74 Å². The van der Waals surface area contributed by atoms with Gasteiger partial charge in [-0.15, -0.1) is 0 Å². The van der Waals surface area contributed by atoms with Gasteiger partial charge in [0, 0.05) is 6.07 Å². The number of aryl methyl sites for hydroxylation is 1. The van der Waals surface area contributed by atoms with Crippen LogP contribution in [0.1, 0.15) is 16.1 Å². The van der Waals surface area contributed by atoms with Crippen molar-refractivity contribution in [1.29, 1.82) is 0 Å². The van der Waals surface area contributed by atoms with Gasteiger partial charge in [0.2, 0.25) is 5.69 Å². The largest absolute Gasteiger partial charge is 0.476 e. The number of benzene rings is 1. The summed E-state index contributed by atoms with van der Waals surface area (Å²) in [5.74, 6) is -1.61. The number of nitrogens with zero attached hydrogens (tertiary/aromatic N) is 4. The molecule has 2 aromatic rings. The fraction of sp³-hybridized carbons (Fsp3) is 0.167. The summed E-state index contributed by atoms with van der Waals surface area (Å²) in [6.45, 7) is 1.29. The molecule has 1 N–H and O–H groups in total. The molecular weight excluding hydrogens is 312 g/mol. The molecule has 0 atom stereocenters. The van der Waals surface area contributed by atoms with Crippen molar-refractivity contribution in [2.24, 2.45) is 0 Å². The summed E-state index contributed by atoms with van der Waals surface area (Å²) >= 11 is 0. The maximum absolute atomic E-state index is 10.9. The van der Waals surface area contributed by atoms with Gasteiger partial charge in [0.05, 0.1) is 9.85 Å². The monoisotopic (exact) mass is 322 g/mol. The highest BCUT2D eigenvalue weighted by molar-refractivity contribution is 5.89. The van der Waals surface area contributed by atoms with Gasteiger partial charge in [-0.25, -0.2) is 9.48 Å². The summed E-state index contributed by atoms with van der Waals surface area (Å²) in [5, 5.41) is 34.1. The SMILES string of the molecule is Cc1ccc([N+](=O)[O-])c(OCn2cc([N+](=O)[O-])c(C(=O)O)n2)c1. The molecule has 0 saturated carbocycles. The summed E-state index contributed by atoms with van der Waals surface area (Å²) in [7, 11) is 0. The molecule has 23 heavy (non-hydrogen) atoms. The summed E-state index contributed by atoms with van der Waals surface area (Å²) < 4.78 is 6.12. The van der Waals surface area contributed by atoms with Crippen molar-refractivity contribution in [2.45, 2.75) is 13.7 Å². The van der Waals surface area contributed by atoms with E-state index < -0.39 is 33.9 Å². The molecule has 2 rings (SSSR count). The fourth-order valence-electron chi connectivity index (χ4n) is 1.79. The molecule has 0 radical (unpaired) electrons. The van der Waals surface area contributed by atoms with E-state index in [-0.39, 0.29) is 11.4 Å². The third-order valence-corrected chi connectivity index (χ3v) is 2.81. The van der Waals surface area contributed by atoms with Gasteiger partial charge in [0.25, 0.3) is 0 Å². The van der Waals surface area contributed by atoms with Gasteiger partial charge in [0.1, 0.15) is 6.20 Å². The quantitative estimate of drug-likeness (QED) is 0.623. The van der Waals surface area contributed by atoms with Crippen molar-refractivity contribution in [3.63, 3.8) is 0 Å². The number of nitro groups is 2. The number of rotatable bonds is 6. The molecule has 11 heteroatoms. The van der Waals surface area contributed by atoms with Crippen LogP contribution in [0.25, 0.3) is 0 Å². The van der Waals surface area contributed by atoms with Crippen molar-refractivity contribution in [3.05, 3.63) is 55.9 Å². The number of carboxylic acids is 1. The van der Waals surface area contributed by atoms with Crippen LogP contribution in [-0.2, 0) is 6.73 Å². The molecule has 1 aromatic heterocycles. The van der Waals surface area contributed by atoms with Crippen molar-refractivity contribution < 1.29 is 24.5 Å². The molecular formula is C12H10N4O7. The summed E-state index contributed by atoms with van der Waals surface area (Å²) in [6, 6.07) is 4.22. The molecule has 1 aromatic carbocycles. The van der Waals surface area contributed by atoms with Crippen LogP contribution in [0.3, 0.4) is 0 Å². The third-order valence-electron chi connectivity index (χ3n) is 2.81. The van der Waals surface area contributed by atoms with E-state index in [0.29, 0.717) is 5.56 Å². The predicted octanol–water partition coefficient (Wildman–Crippen LogP) is 1.74. The Morgan fingerprint density at radius 3 is 2.48 bits per heavy atom. The minimum absolute atomic E-state index is 0.0509. The van der Waals surface area contributed by atoms with Crippen LogP contribution in [0.15, 0.2) is 24.4 Å². The summed E-state index contributed by atoms with van der Waals surface area (Å²) in [5.41, 5.74) is -1.00. The lowest BCUT2D eigenvalue weighted by Crippen LogP contribution is -2.08. The number of nitro benzene ring substituents is 1. The van der Waals surface area contributed by atoms with E-state index in [1.807, 2.05) is 0 Å². The number of hydrogen-bond acceptors (Lipinski definition) is 7. The first-order chi connectivity index (χ1) is 10.8. The summed E-state index contributed by atoms with van der Waals surface area (Å²) in [4.78, 5) is 31.0. The maximum Gasteiger partial charge on any atom is 0.363 e. The average molecular weight is 322 g/mol. The van der Waals surface area contributed by atoms with Gasteiger partial charge < -0.3 is 9.84 Å². The van der Waals surface area contributed by atoms with Crippen LogP contribution >= 0.6 is 0 Å². The lowest BCUT2D eigenvalue weighted by molar-refractivity contribution is -0.386. The molecule has 0 amide bonds. The number of aromatic carboxylic acids is 1. The molecule has 0 saturated heterocycles. The topological polar surface area (TPSA) is 151 Å². The van der Waals surface area contributed by atoms with Gasteiger partial charge in [0.15, 0.2) is 12.5 Å². The Bertz CT molecular complexity index is 767. The van der Waals surface area contributed by atoms with E-state index in [9.17, 15) is 25.0 Å². The number of aromatic nitrogens is 2. The van der Waals surface area contributed by atoms with Crippen LogP contribution in [0.2, 0.25) is 0 Å². The second kappa shape index (κ2) is 6.09. The first kappa shape index (κ1) is 15.9. The predicted molar refractivity (Wildman–Crippen MR) is 74.3 cm³/mol. The lowest BCUT2D eigenvalue weighted by atomic mass is 10.2. The van der Waals surface area contributed by atoms with E-state index in [0.717, 1.165) is 10.9 Å². The first-order valence-electron chi connectivity index (χ1n) is 6.12. The van der Waals surface area contributed by atoms with E-state index >= 15 is 0 Å². The highest BCUT2D eigenvalue weighted by Crippen LogP contribution is 2.28. The lowest BCUT2D eigenvalue weighted by Gasteiger charge is -2.07. The van der Waals surface area contributed by atoms with Crippen LogP contribution in [0, 0.1) is 27.2 Å². The number of ether oxygens (including phenoxy) is 1. The second-order valence-corrected chi connectivity index (χ2v) is 4.47. The molecule has 0 unspecified atom stereocenters. The zero-order valence-electron chi connectivity index (χ0n) is 11.7. The van der Waals surface area contributed by atoms with Gasteiger partial charge in [-0.05, 0) is 18.6 Å². The molecule has 0 aliphatic rings. The highest BCUT2D eigenvalue weighted by atomic mass is 16.6. The maximum atomic E-state index is 10.9. The van der Waals surface area contributed by atoms with Gasteiger partial charge in [-0.3, -0.25) is 20.2 Å². The van der Waals surface area contributed by atoms with Crippen molar-refractivity contribution in [3.8, 4) is 5.75 Å². The zero-order chi connectivity index (χ0) is 17.1. The second-order valence-electron chi connectivity index (χ2n) is 4.47. The van der Waals surface area contributed by atoms with Gasteiger partial charge in [-0.2, -0.15) is 5.10 Å². The molecule has 0 aliphatic carbocycles. The van der Waals surface area contributed by atoms with E-state index in [1.165, 1.54) is 18.2 Å². The molecule has 0 spiro atoms. The minimum atomic E-state index is -1.56. The number of hydrogen-bond donors (Lipinski definition) is 1. The Morgan fingerprint density at radius 1 is 1.30 bits per heavy atom. The fourth-order valence-corrected chi connectivity index (χ4v) is 1.79. The Hall–Kier alpha value is -3.50. The normalized spacial score (nSPS) is 10.3. The zero-order valence-corrected chi connectivity index (χ0v) is 11.7. The highest BCUT2D eigenvalue weighted by Gasteiger charge is 2.25. The third kappa shape index (κ3) is 3.40. The van der Waals surface area contributed by atoms with Crippen LogP contribution in [0.5, 0.6) is 5.75 Å². The van der Waals surface area contributed by atoms with E-state index in [4.69, 9.17) is 9.84 Å². The number of carbonyl (C=O) groups is 1. The van der Waals surface area contributed by atoms with E-state index in [2.05, 4.69) is 5.10 Å². The molecule has 11 nitrogen and oxygen atoms in total. The summed E-state index contributed by atoms with van der Waals surface area (Å²) in [6.07, 6.45) is 0.880. The van der Waals surface area contributed by atoms with Crippen molar-refractivity contribution >= 4 is 17.3 Å². The van der Waals surface area contributed by atoms with Crippen LogP contribution in [0.4, 0.5) is 11.4 Å². The van der Waals surface area contributed by atoms with Crippen LogP contribution in [-0.4, -0.2) is 30.7 Å². The Kier molecular flexibility index (Phi) is 4.21. The standard InChI is InChI=1S/C12H10N4O7/c1-7-2-3-8(15(19)20)10(4-7)23-6-14-5-9(16(21)22)11(13-14)12(17)18/h2-5H,6H2,1H3,(H,17,18). The van der Waals surface area contributed by atoms with Crippen molar-refractivity contribution in [2.75, 3.05) is 0 Å². The molecule has 120 valence electrons. The first-order valence-corrected chi connectivity index (χ1v) is 6.12. The van der Waals surface area contributed by atoms with Crippen molar-refractivity contribution in [1.82, 2.24) is 9.78 Å².